The van der Waals surface area contributed by atoms with Crippen LogP contribution in [0.15, 0.2) is 18.2 Å². The molecule has 0 heterocycles. The molecule has 0 saturated heterocycles. The Kier molecular flexibility index (Phi) is 7.59. The van der Waals surface area contributed by atoms with Gasteiger partial charge in [-0.3, -0.25) is 0 Å². The first-order valence-electron chi connectivity index (χ1n) is 7.13. The highest BCUT2D eigenvalue weighted by Gasteiger charge is 2.16. The molecule has 0 fully saturated rings. The molecule has 1 aromatic rings. The summed E-state index contributed by atoms with van der Waals surface area (Å²) in [4.78, 5) is 0. The average Bonchev–Trinajstić information content (AvgIpc) is 2.46. The largest absolute Gasteiger partial charge is 0.496 e. The Morgan fingerprint density at radius 1 is 1.25 bits per heavy atom. The monoisotopic (exact) mass is 281 g/mol. The fourth-order valence-corrected chi connectivity index (χ4v) is 2.05. The van der Waals surface area contributed by atoms with E-state index in [1.807, 2.05) is 33.0 Å². The van der Waals surface area contributed by atoms with Gasteiger partial charge in [0.05, 0.1) is 32.5 Å². The lowest BCUT2D eigenvalue weighted by Gasteiger charge is -2.22. The summed E-state index contributed by atoms with van der Waals surface area (Å²) in [6.45, 7) is 8.02. The highest BCUT2D eigenvalue weighted by molar-refractivity contribution is 5.39. The Balaban J connectivity index is 2.68. The number of hydrogen-bond donors (Lipinski definition) is 1. The van der Waals surface area contributed by atoms with Crippen molar-refractivity contribution >= 4 is 0 Å². The molecule has 1 N–H and O–H groups in total. The molecular weight excluding hydrogens is 254 g/mol. The summed E-state index contributed by atoms with van der Waals surface area (Å²) in [6.07, 6.45) is 0.0848. The van der Waals surface area contributed by atoms with Gasteiger partial charge in [0, 0.05) is 12.2 Å². The molecule has 0 bridgehead atoms. The van der Waals surface area contributed by atoms with Crippen molar-refractivity contribution in [1.29, 1.82) is 0 Å². The number of rotatable bonds is 9. The number of hydrogen-bond acceptors (Lipinski definition) is 4. The van der Waals surface area contributed by atoms with Gasteiger partial charge in [0.15, 0.2) is 0 Å². The van der Waals surface area contributed by atoms with E-state index in [1.165, 1.54) is 5.56 Å². The van der Waals surface area contributed by atoms with Gasteiger partial charge in [0.1, 0.15) is 5.75 Å². The Morgan fingerprint density at radius 2 is 2.00 bits per heavy atom. The van der Waals surface area contributed by atoms with Gasteiger partial charge in [-0.1, -0.05) is 17.7 Å². The number of benzene rings is 1. The number of ether oxygens (including phenoxy) is 3. The second-order valence-corrected chi connectivity index (χ2v) is 4.89. The van der Waals surface area contributed by atoms with Crippen molar-refractivity contribution in [2.45, 2.75) is 32.9 Å². The van der Waals surface area contributed by atoms with Gasteiger partial charge in [-0.15, -0.1) is 0 Å². The minimum atomic E-state index is 0.0848. The van der Waals surface area contributed by atoms with Gasteiger partial charge in [0.2, 0.25) is 0 Å². The lowest BCUT2D eigenvalue weighted by Crippen LogP contribution is -2.26. The fraction of sp³-hybridized carbons (Fsp3) is 0.625. The van der Waals surface area contributed by atoms with Crippen molar-refractivity contribution in [3.8, 4) is 5.75 Å². The van der Waals surface area contributed by atoms with Crippen LogP contribution in [0, 0.1) is 6.92 Å². The third kappa shape index (κ3) is 5.12. The van der Waals surface area contributed by atoms with Crippen LogP contribution < -0.4 is 10.1 Å². The molecule has 0 aliphatic carbocycles. The van der Waals surface area contributed by atoms with Crippen LogP contribution in [0.3, 0.4) is 0 Å². The summed E-state index contributed by atoms with van der Waals surface area (Å²) in [5.74, 6) is 0.885. The second-order valence-electron chi connectivity index (χ2n) is 4.89. The van der Waals surface area contributed by atoms with E-state index in [4.69, 9.17) is 14.2 Å². The maximum Gasteiger partial charge on any atom is 0.123 e. The Hall–Kier alpha value is -1.10. The van der Waals surface area contributed by atoms with E-state index in [-0.39, 0.29) is 12.1 Å². The molecule has 1 aromatic carbocycles. The number of aryl methyl sites for hydroxylation is 1. The maximum atomic E-state index is 5.85. The standard InChI is InChI=1S/C16H27NO3/c1-6-19-10-13(3)20-11-15(17-4)14-9-12(2)7-8-16(14)18-5/h7-9,13,15,17H,6,10-11H2,1-5H3. The third-order valence-electron chi connectivity index (χ3n) is 3.21. The third-order valence-corrected chi connectivity index (χ3v) is 3.21. The molecule has 0 aliphatic heterocycles. The minimum absolute atomic E-state index is 0.0848. The van der Waals surface area contributed by atoms with E-state index in [9.17, 15) is 0 Å². The molecule has 0 saturated carbocycles. The number of methoxy groups -OCH3 is 1. The smallest absolute Gasteiger partial charge is 0.123 e. The maximum absolute atomic E-state index is 5.85. The van der Waals surface area contributed by atoms with Crippen LogP contribution in [-0.4, -0.2) is 40.1 Å². The predicted octanol–water partition coefficient (Wildman–Crippen LogP) is 2.71. The van der Waals surface area contributed by atoms with Crippen LogP contribution in [0.2, 0.25) is 0 Å². The summed E-state index contributed by atoms with van der Waals surface area (Å²) in [7, 11) is 3.63. The Morgan fingerprint density at radius 3 is 2.60 bits per heavy atom. The molecule has 2 unspecified atom stereocenters. The van der Waals surface area contributed by atoms with Crippen LogP contribution in [-0.2, 0) is 9.47 Å². The molecule has 114 valence electrons. The van der Waals surface area contributed by atoms with Crippen molar-refractivity contribution in [1.82, 2.24) is 5.32 Å². The van der Waals surface area contributed by atoms with E-state index in [0.29, 0.717) is 13.2 Å². The van der Waals surface area contributed by atoms with E-state index in [0.717, 1.165) is 17.9 Å². The first-order chi connectivity index (χ1) is 9.62. The minimum Gasteiger partial charge on any atom is -0.496 e. The lowest BCUT2D eigenvalue weighted by atomic mass is 10.0. The van der Waals surface area contributed by atoms with Crippen LogP contribution in [0.4, 0.5) is 0 Å². The fourth-order valence-electron chi connectivity index (χ4n) is 2.05. The SMILES string of the molecule is CCOCC(C)OCC(NC)c1cc(C)ccc1OC. The molecule has 0 amide bonds. The number of likely N-dealkylation sites (N-methyl/N-ethyl adjacent to an activating group) is 1. The molecule has 4 nitrogen and oxygen atoms in total. The lowest BCUT2D eigenvalue weighted by molar-refractivity contribution is -0.0112. The molecule has 0 spiro atoms. The van der Waals surface area contributed by atoms with Gasteiger partial charge >= 0.3 is 0 Å². The summed E-state index contributed by atoms with van der Waals surface area (Å²) < 4.78 is 16.6. The normalized spacial score (nSPS) is 14.1. The first kappa shape index (κ1) is 17.0. The molecule has 20 heavy (non-hydrogen) atoms. The molecule has 0 aliphatic rings. The van der Waals surface area contributed by atoms with Gasteiger partial charge in [0.25, 0.3) is 0 Å². The molecule has 0 radical (unpaired) electrons. The summed E-state index contributed by atoms with van der Waals surface area (Å²) in [6, 6.07) is 6.29. The van der Waals surface area contributed by atoms with Crippen molar-refractivity contribution < 1.29 is 14.2 Å². The van der Waals surface area contributed by atoms with Crippen LogP contribution >= 0.6 is 0 Å². The van der Waals surface area contributed by atoms with Gasteiger partial charge in [-0.25, -0.2) is 0 Å². The summed E-state index contributed by atoms with van der Waals surface area (Å²) in [5.41, 5.74) is 2.34. The van der Waals surface area contributed by atoms with E-state index in [1.54, 1.807) is 7.11 Å². The zero-order valence-electron chi connectivity index (χ0n) is 13.2. The first-order valence-corrected chi connectivity index (χ1v) is 7.13. The summed E-state index contributed by atoms with van der Waals surface area (Å²) >= 11 is 0. The quantitative estimate of drug-likeness (QED) is 0.755. The Bertz CT molecular complexity index is 395. The topological polar surface area (TPSA) is 39.7 Å². The molecule has 1 rings (SSSR count). The zero-order chi connectivity index (χ0) is 15.0. The zero-order valence-corrected chi connectivity index (χ0v) is 13.2. The van der Waals surface area contributed by atoms with E-state index >= 15 is 0 Å². The van der Waals surface area contributed by atoms with Crippen molar-refractivity contribution in [2.75, 3.05) is 34.0 Å². The van der Waals surface area contributed by atoms with Gasteiger partial charge in [-0.2, -0.15) is 0 Å². The number of nitrogens with one attached hydrogen (secondary N) is 1. The van der Waals surface area contributed by atoms with E-state index in [2.05, 4.69) is 18.3 Å². The van der Waals surface area contributed by atoms with Gasteiger partial charge < -0.3 is 19.5 Å². The van der Waals surface area contributed by atoms with Crippen molar-refractivity contribution in [2.24, 2.45) is 0 Å². The highest BCUT2D eigenvalue weighted by atomic mass is 16.5. The molecular formula is C16H27NO3. The summed E-state index contributed by atoms with van der Waals surface area (Å²) in [5, 5.41) is 3.29. The van der Waals surface area contributed by atoms with Crippen molar-refractivity contribution in [3.05, 3.63) is 29.3 Å². The molecule has 0 aromatic heterocycles. The van der Waals surface area contributed by atoms with E-state index < -0.39 is 0 Å². The van der Waals surface area contributed by atoms with Crippen LogP contribution in [0.1, 0.15) is 31.0 Å². The molecule has 2 atom stereocenters. The van der Waals surface area contributed by atoms with Gasteiger partial charge in [-0.05, 0) is 33.9 Å². The second kappa shape index (κ2) is 8.95. The predicted molar refractivity (Wildman–Crippen MR) is 81.4 cm³/mol. The van der Waals surface area contributed by atoms with Crippen LogP contribution in [0.25, 0.3) is 0 Å². The highest BCUT2D eigenvalue weighted by Crippen LogP contribution is 2.26. The Labute approximate surface area is 122 Å². The molecule has 4 heteroatoms. The van der Waals surface area contributed by atoms with Crippen LogP contribution in [0.5, 0.6) is 5.75 Å². The average molecular weight is 281 g/mol. The van der Waals surface area contributed by atoms with Crippen molar-refractivity contribution in [3.63, 3.8) is 0 Å².